The van der Waals surface area contributed by atoms with E-state index in [1.807, 2.05) is 91.0 Å². The maximum Gasteiger partial charge on any atom is 0.209 e. The number of pyridine rings is 2. The monoisotopic (exact) mass is 1830 g/mol. The van der Waals surface area contributed by atoms with E-state index in [2.05, 4.69) is 42.0 Å². The molecule has 680 valence electrons. The first-order valence-electron chi connectivity index (χ1n) is 47.4. The van der Waals surface area contributed by atoms with Crippen molar-refractivity contribution in [1.82, 2.24) is 29.9 Å². The summed E-state index contributed by atoms with van der Waals surface area (Å²) >= 11 is 0. The minimum Gasteiger partial charge on any atom is -0.295 e. The third kappa shape index (κ3) is 15.4. The fourth-order valence-electron chi connectivity index (χ4n) is 23.8. The number of nitrogens with zero attached hydrogens (tertiary/aromatic N) is 8. The lowest BCUT2D eigenvalue weighted by atomic mass is 9.63. The molecule has 0 saturated heterocycles. The van der Waals surface area contributed by atoms with Crippen LogP contribution in [0.2, 0.25) is 0 Å². The number of nitriles is 2. The number of hydrogen-bond acceptors (Lipinski definition) is 23. The number of ketones is 15. The first-order chi connectivity index (χ1) is 67.7. The summed E-state index contributed by atoms with van der Waals surface area (Å²) in [5.74, 6) is -3.63. The molecule has 5 unspecified atom stereocenters. The molecule has 25 rings (SSSR count). The van der Waals surface area contributed by atoms with E-state index in [1.165, 1.54) is 49.8 Å². The minimum atomic E-state index is -0.570. The summed E-state index contributed by atoms with van der Waals surface area (Å²) in [7, 11) is 0. The van der Waals surface area contributed by atoms with Crippen LogP contribution in [-0.4, -0.2) is 117 Å². The van der Waals surface area contributed by atoms with Crippen LogP contribution in [0.5, 0.6) is 0 Å². The van der Waals surface area contributed by atoms with Gasteiger partial charge in [0.1, 0.15) is 24.0 Å². The molecule has 5 aromatic carbocycles. The van der Waals surface area contributed by atoms with Gasteiger partial charge in [0.2, 0.25) is 11.6 Å². The molecule has 23 nitrogen and oxygen atoms in total. The van der Waals surface area contributed by atoms with Gasteiger partial charge in [-0.1, -0.05) is 143 Å². The molecule has 9 aromatic rings. The topological polar surface area (TPSA) is 381 Å². The van der Waals surface area contributed by atoms with Gasteiger partial charge in [0.15, 0.2) is 75.2 Å². The highest BCUT2D eigenvalue weighted by molar-refractivity contribution is 6.33. The Hall–Kier alpha value is -16.3. The molecule has 0 saturated carbocycles. The second-order valence-corrected chi connectivity index (χ2v) is 37.5. The van der Waals surface area contributed by atoms with Crippen molar-refractivity contribution in [3.8, 4) is 12.1 Å². The fourth-order valence-corrected chi connectivity index (χ4v) is 23.8. The maximum atomic E-state index is 13.5. The van der Waals surface area contributed by atoms with Crippen LogP contribution in [0.1, 0.15) is 306 Å². The number of Topliss-reactive ketones (excluding diaryl/α,β-unsaturated/α-hetero) is 15. The summed E-state index contributed by atoms with van der Waals surface area (Å²) in [6, 6.07) is 50.0. The third-order valence-corrected chi connectivity index (χ3v) is 30.0. The molecule has 0 radical (unpaired) electrons. The highest BCUT2D eigenvalue weighted by Crippen LogP contribution is 2.57. The summed E-state index contributed by atoms with van der Waals surface area (Å²) < 4.78 is 0. The van der Waals surface area contributed by atoms with Crippen molar-refractivity contribution in [3.05, 3.63) is 408 Å². The Morgan fingerprint density at radius 3 is 0.871 bits per heavy atom. The Morgan fingerprint density at radius 1 is 0.223 bits per heavy atom. The zero-order valence-corrected chi connectivity index (χ0v) is 75.6. The highest BCUT2D eigenvalue weighted by Gasteiger charge is 2.52. The summed E-state index contributed by atoms with van der Waals surface area (Å²) in [5, 5.41) is 18.2. The Labute approximate surface area is 798 Å². The Morgan fingerprint density at radius 2 is 0.496 bits per heavy atom. The van der Waals surface area contributed by atoms with E-state index in [9.17, 15) is 71.9 Å². The van der Waals surface area contributed by atoms with Gasteiger partial charge in [-0.3, -0.25) is 81.9 Å². The zero-order chi connectivity index (χ0) is 95.9. The minimum absolute atomic E-state index is 0.0260. The van der Waals surface area contributed by atoms with E-state index in [-0.39, 0.29) is 115 Å². The molecule has 0 N–H and O–H groups in total. The van der Waals surface area contributed by atoms with E-state index >= 15 is 0 Å². The molecular formula is C116H86N8O15. The number of carbonyl (C=O) groups excluding carboxylic acids is 15. The highest BCUT2D eigenvalue weighted by atomic mass is 16.2. The molecule has 16 aliphatic rings. The Bertz CT molecular complexity index is 7270. The van der Waals surface area contributed by atoms with Crippen LogP contribution in [0.4, 0.5) is 0 Å². The molecule has 139 heavy (non-hydrogen) atoms. The fraction of sp³-hybridized carbons (Fsp3) is 0.250. The van der Waals surface area contributed by atoms with Gasteiger partial charge in [-0.05, 0) is 186 Å². The molecule has 0 amide bonds. The van der Waals surface area contributed by atoms with Gasteiger partial charge in [-0.2, -0.15) is 10.5 Å². The first-order valence-corrected chi connectivity index (χ1v) is 47.4. The largest absolute Gasteiger partial charge is 0.295 e. The lowest BCUT2D eigenvalue weighted by molar-refractivity contribution is -0.118. The number of rotatable bonds is 5. The predicted octanol–water partition coefficient (Wildman–Crippen LogP) is 19.1. The van der Waals surface area contributed by atoms with E-state index in [4.69, 9.17) is 10.5 Å². The van der Waals surface area contributed by atoms with Crippen LogP contribution < -0.4 is 0 Å². The summed E-state index contributed by atoms with van der Waals surface area (Å²) in [6.07, 6.45) is 27.0. The van der Waals surface area contributed by atoms with Crippen molar-refractivity contribution >= 4 is 86.7 Å². The second-order valence-electron chi connectivity index (χ2n) is 37.5. The van der Waals surface area contributed by atoms with Crippen LogP contribution in [0.3, 0.4) is 0 Å². The number of hydrogen-bond donors (Lipinski definition) is 0. The Kier molecular flexibility index (Phi) is 23.6. The van der Waals surface area contributed by atoms with Crippen molar-refractivity contribution in [2.24, 2.45) is 0 Å². The van der Waals surface area contributed by atoms with Crippen molar-refractivity contribution in [2.45, 2.75) is 184 Å². The van der Waals surface area contributed by atoms with Gasteiger partial charge in [-0.15, -0.1) is 0 Å². The number of carbonyl (C=O) groups is 15. The first kappa shape index (κ1) is 89.3. The second kappa shape index (κ2) is 36.7. The average molecular weight is 1830 g/mol. The van der Waals surface area contributed by atoms with Crippen molar-refractivity contribution < 1.29 is 71.9 Å². The van der Waals surface area contributed by atoms with Crippen LogP contribution in [0.15, 0.2) is 324 Å². The van der Waals surface area contributed by atoms with Crippen LogP contribution in [0, 0.1) is 22.7 Å². The molecule has 0 fully saturated rings. The third-order valence-electron chi connectivity index (χ3n) is 30.0. The lowest BCUT2D eigenvalue weighted by Crippen LogP contribution is -2.34. The van der Waals surface area contributed by atoms with E-state index in [0.717, 1.165) is 156 Å². The summed E-state index contributed by atoms with van der Waals surface area (Å²) in [5.41, 5.74) is 22.3. The van der Waals surface area contributed by atoms with Gasteiger partial charge in [-0.25, -0.2) is 19.9 Å². The van der Waals surface area contributed by atoms with Gasteiger partial charge >= 0.3 is 0 Å². The van der Waals surface area contributed by atoms with Crippen LogP contribution in [-0.2, 0) is 33.6 Å². The van der Waals surface area contributed by atoms with Gasteiger partial charge in [0.25, 0.3) is 0 Å². The smallest absolute Gasteiger partial charge is 0.209 e. The van der Waals surface area contributed by atoms with Crippen LogP contribution in [0.25, 0.3) is 0 Å². The average Bonchev–Trinajstić information content (AvgIpc) is 0.741. The van der Waals surface area contributed by atoms with Gasteiger partial charge in [0.05, 0.1) is 45.5 Å². The molecule has 0 spiro atoms. The van der Waals surface area contributed by atoms with Gasteiger partial charge < -0.3 is 0 Å². The van der Waals surface area contributed by atoms with Crippen LogP contribution >= 0.6 is 0 Å². The quantitative estimate of drug-likeness (QED) is 0.144. The number of fused-ring (bicyclic) bond motifs is 4. The van der Waals surface area contributed by atoms with E-state index in [0.29, 0.717) is 182 Å². The lowest BCUT2D eigenvalue weighted by Gasteiger charge is -2.37. The standard InChI is InChI=1S/2C24H16N2O3.C24H22O3.2C22H16N2O3/c25-11-13-4-6-14(7-5-13)21-20-15(2-1-3-19(20)27)10-17-22(21)24(29)16-8-9-26-12-18(16)23(17)28;25-11-13-4-6-14(7-5-13)21-20-15(2-1-3-19(20)27)10-17-22(21)24(29)18-12-26-9-8-16(18)23(17)28;25-19-12-6-9-15-13-18-22(21(20(15)19)14-7-2-1-3-8-14)24(27)17-11-5-4-10-16(17)23(18)26;25-16-8-4-7-13-9-14-19(18(17(13)16)12-5-2-1-3-6-12)21(26)15-10-23-11-24-20(15)22(14)27;25-16-8-4-7-13-9-14-19(18(17(13)16)12-5-2-1-3-6-12)22(27)20-15(21(14)26)10-23-11-24-20/h2*4-9,12,21H,1-3,10H2;1-3,7-8,21H,4-6,9-13H2;2*1-3,5-6,10-11,18H,4,7-9H2. The molecule has 4 aromatic heterocycles. The van der Waals surface area contributed by atoms with Crippen molar-refractivity contribution in [1.29, 1.82) is 10.5 Å². The van der Waals surface area contributed by atoms with Gasteiger partial charge in [0, 0.05) is 205 Å². The predicted molar refractivity (Wildman–Crippen MR) is 506 cm³/mol. The number of allylic oxidation sites excluding steroid dienone is 22. The molecule has 23 heteroatoms. The zero-order valence-electron chi connectivity index (χ0n) is 75.6. The molecule has 5 atom stereocenters. The summed E-state index contributed by atoms with van der Waals surface area (Å²) in [4.78, 5) is 221. The molecular weight excluding hydrogens is 1750 g/mol. The molecule has 16 aliphatic carbocycles. The molecule has 0 bridgehead atoms. The Balaban J connectivity index is 0.000000103. The van der Waals surface area contributed by atoms with E-state index in [1.54, 1.807) is 60.7 Å². The number of benzene rings is 5. The number of aromatic nitrogens is 6. The van der Waals surface area contributed by atoms with Crippen molar-refractivity contribution in [3.63, 3.8) is 0 Å². The normalized spacial score (nSPS) is 22.1. The molecule has 4 heterocycles. The SMILES string of the molecule is N#Cc1ccc(C2C3=C(CCCC3=O)CC3=C2C(=O)c2ccncc2C3=O)cc1.N#Cc1ccc(C2C3=C(CCCC3=O)CC3=C2C(=O)c2cnccc2C3=O)cc1.O=C1CCCC2=C1C(c1ccccc1)C1=C(C2)C(=O)C2=C(CCCC2)C1=O.O=C1CCCC2=C1C(c1ccccc1)C1=C(C2)C(=O)c2cncnc2C1=O.O=C1CCCC2=C1C(c1ccccc1)C1=C(C2)C(=O)c2ncncc2C1=O. The molecule has 0 aliphatic heterocycles. The van der Waals surface area contributed by atoms with E-state index < -0.39 is 23.7 Å². The van der Waals surface area contributed by atoms with Crippen molar-refractivity contribution in [2.75, 3.05) is 0 Å². The maximum absolute atomic E-state index is 13.5. The summed E-state index contributed by atoms with van der Waals surface area (Å²) in [6.45, 7) is 0.